The van der Waals surface area contributed by atoms with Gasteiger partial charge in [0.15, 0.2) is 4.96 Å². The number of aryl methyl sites for hydroxylation is 1. The summed E-state index contributed by atoms with van der Waals surface area (Å²) in [5.41, 5.74) is 0.900. The predicted octanol–water partition coefficient (Wildman–Crippen LogP) is 3.50. The van der Waals surface area contributed by atoms with E-state index in [2.05, 4.69) is 4.98 Å². The van der Waals surface area contributed by atoms with Crippen LogP contribution in [0.5, 0.6) is 0 Å². The molecule has 0 spiro atoms. The Morgan fingerprint density at radius 2 is 2.12 bits per heavy atom. The molecule has 0 N–H and O–H groups in total. The van der Waals surface area contributed by atoms with E-state index >= 15 is 0 Å². The lowest BCUT2D eigenvalue weighted by atomic mass is 10.0. The molecule has 2 aromatic heterocycles. The number of fused-ring (bicyclic) bond motifs is 1. The Bertz CT molecular complexity index is 1350. The lowest BCUT2D eigenvalue weighted by Crippen LogP contribution is -2.39. The fraction of sp³-hybridized carbons (Fsp3) is 0.381. The molecule has 3 heterocycles. The van der Waals surface area contributed by atoms with Gasteiger partial charge in [0.25, 0.3) is 5.56 Å². The van der Waals surface area contributed by atoms with Crippen LogP contribution in [0.3, 0.4) is 0 Å². The molecule has 1 aliphatic heterocycles. The first-order chi connectivity index (χ1) is 15.2. The average Bonchev–Trinajstić information content (AvgIpc) is 3.13. The summed E-state index contributed by atoms with van der Waals surface area (Å²) in [6.45, 7) is 4.44. The summed E-state index contributed by atoms with van der Waals surface area (Å²) in [6, 6.07) is 5.35. The number of sulfonamides is 1. The van der Waals surface area contributed by atoms with Crippen molar-refractivity contribution in [3.05, 3.63) is 62.0 Å². The van der Waals surface area contributed by atoms with Crippen LogP contribution in [0.1, 0.15) is 41.5 Å². The molecule has 11 heteroatoms. The van der Waals surface area contributed by atoms with E-state index in [4.69, 9.17) is 16.3 Å². The Morgan fingerprint density at radius 1 is 1.34 bits per heavy atom. The summed E-state index contributed by atoms with van der Waals surface area (Å²) < 4.78 is 34.4. The molecule has 0 radical (unpaired) electrons. The van der Waals surface area contributed by atoms with Crippen molar-refractivity contribution in [2.45, 2.75) is 38.2 Å². The molecule has 0 saturated carbocycles. The van der Waals surface area contributed by atoms with Gasteiger partial charge in [-0.05, 0) is 43.9 Å². The van der Waals surface area contributed by atoms with Crippen LogP contribution < -0.4 is 5.56 Å². The smallest absolute Gasteiger partial charge is 0.338 e. The fourth-order valence-electron chi connectivity index (χ4n) is 3.73. The number of halogens is 1. The molecule has 3 aromatic rings. The number of piperidine rings is 1. The van der Waals surface area contributed by atoms with E-state index in [1.54, 1.807) is 0 Å². The van der Waals surface area contributed by atoms with Crippen molar-refractivity contribution in [1.29, 1.82) is 0 Å². The second-order valence-corrected chi connectivity index (χ2v) is 11.1. The summed E-state index contributed by atoms with van der Waals surface area (Å²) in [6.07, 6.45) is 1.75. The van der Waals surface area contributed by atoms with Gasteiger partial charge in [-0.25, -0.2) is 18.2 Å². The van der Waals surface area contributed by atoms with Crippen LogP contribution in [0.4, 0.5) is 0 Å². The van der Waals surface area contributed by atoms with Crippen LogP contribution in [-0.4, -0.2) is 41.2 Å². The first-order valence-electron chi connectivity index (χ1n) is 10.1. The van der Waals surface area contributed by atoms with Crippen LogP contribution in [0.15, 0.2) is 39.3 Å². The summed E-state index contributed by atoms with van der Waals surface area (Å²) in [5.74, 6) is -0.471. The molecular weight excluding hydrogens is 474 g/mol. The van der Waals surface area contributed by atoms with Crippen LogP contribution in [0.2, 0.25) is 5.02 Å². The van der Waals surface area contributed by atoms with Gasteiger partial charge in [0, 0.05) is 30.2 Å². The van der Waals surface area contributed by atoms with Crippen molar-refractivity contribution in [1.82, 2.24) is 13.7 Å². The molecule has 0 amide bonds. The standard InChI is InChI=1S/C21H22ClN3O5S2/c1-13-4-3-7-24(10-13)32(28,29)18-8-15(5-6-17(18)22)20(27)30-11-16-9-19(26)25-14(2)12-31-21(25)23-16/h5-6,8-9,12-13H,3-4,7,10-11H2,1-2H3. The van der Waals surface area contributed by atoms with E-state index in [9.17, 15) is 18.0 Å². The average molecular weight is 496 g/mol. The SMILES string of the molecule is Cc1csc2nc(COC(=O)c3ccc(Cl)c(S(=O)(=O)N4CCCC(C)C4)c3)cc(=O)n12. The van der Waals surface area contributed by atoms with E-state index in [0.717, 1.165) is 18.5 Å². The topological polar surface area (TPSA) is 98.0 Å². The zero-order valence-electron chi connectivity index (χ0n) is 17.6. The maximum atomic E-state index is 13.1. The number of carbonyl (C=O) groups excluding carboxylic acids is 1. The minimum absolute atomic E-state index is 0.0491. The molecular formula is C21H22ClN3O5S2. The second kappa shape index (κ2) is 8.93. The van der Waals surface area contributed by atoms with Crippen molar-refractivity contribution in [3.63, 3.8) is 0 Å². The molecule has 1 atom stereocenters. The summed E-state index contributed by atoms with van der Waals surface area (Å²) in [7, 11) is -3.84. The van der Waals surface area contributed by atoms with Gasteiger partial charge in [-0.2, -0.15) is 4.31 Å². The summed E-state index contributed by atoms with van der Waals surface area (Å²) >= 11 is 7.50. The normalized spacial score (nSPS) is 17.5. The van der Waals surface area contributed by atoms with E-state index in [0.29, 0.717) is 23.7 Å². The van der Waals surface area contributed by atoms with Gasteiger partial charge in [-0.1, -0.05) is 18.5 Å². The highest BCUT2D eigenvalue weighted by atomic mass is 35.5. The lowest BCUT2D eigenvalue weighted by molar-refractivity contribution is 0.0467. The molecule has 8 nitrogen and oxygen atoms in total. The number of rotatable bonds is 5. The maximum Gasteiger partial charge on any atom is 0.338 e. The van der Waals surface area contributed by atoms with Gasteiger partial charge in [0.2, 0.25) is 10.0 Å². The van der Waals surface area contributed by atoms with Gasteiger partial charge >= 0.3 is 5.97 Å². The third-order valence-electron chi connectivity index (χ3n) is 5.38. The minimum Gasteiger partial charge on any atom is -0.456 e. The Hall–Kier alpha value is -2.27. The number of hydrogen-bond acceptors (Lipinski definition) is 7. The van der Waals surface area contributed by atoms with Crippen molar-refractivity contribution in [2.24, 2.45) is 5.92 Å². The van der Waals surface area contributed by atoms with Crippen LogP contribution in [0.25, 0.3) is 4.96 Å². The molecule has 1 aliphatic rings. The van der Waals surface area contributed by atoms with Gasteiger partial charge in [-0.15, -0.1) is 11.3 Å². The predicted molar refractivity (Wildman–Crippen MR) is 122 cm³/mol. The number of thiazole rings is 1. The van der Waals surface area contributed by atoms with Crippen molar-refractivity contribution >= 4 is 43.9 Å². The Morgan fingerprint density at radius 3 is 2.88 bits per heavy atom. The molecule has 32 heavy (non-hydrogen) atoms. The molecule has 1 fully saturated rings. The first-order valence-corrected chi connectivity index (χ1v) is 12.8. The van der Waals surface area contributed by atoms with Crippen molar-refractivity contribution in [2.75, 3.05) is 13.1 Å². The Balaban J connectivity index is 1.54. The summed E-state index contributed by atoms with van der Waals surface area (Å²) in [5, 5.41) is 1.87. The minimum atomic E-state index is -3.84. The van der Waals surface area contributed by atoms with Crippen LogP contribution in [0, 0.1) is 12.8 Å². The maximum absolute atomic E-state index is 13.1. The fourth-order valence-corrected chi connectivity index (χ4v) is 6.72. The van der Waals surface area contributed by atoms with Crippen LogP contribution >= 0.6 is 22.9 Å². The van der Waals surface area contributed by atoms with Gasteiger partial charge < -0.3 is 4.74 Å². The van der Waals surface area contributed by atoms with E-state index < -0.39 is 16.0 Å². The molecule has 170 valence electrons. The Labute approximate surface area is 194 Å². The van der Waals surface area contributed by atoms with Crippen molar-refractivity contribution in [3.8, 4) is 0 Å². The van der Waals surface area contributed by atoms with E-state index in [-0.39, 0.29) is 33.6 Å². The van der Waals surface area contributed by atoms with Gasteiger partial charge in [0.05, 0.1) is 16.3 Å². The summed E-state index contributed by atoms with van der Waals surface area (Å²) in [4.78, 5) is 29.6. The third kappa shape index (κ3) is 4.45. The molecule has 1 aromatic carbocycles. The van der Waals surface area contributed by atoms with E-state index in [1.807, 2.05) is 19.2 Å². The lowest BCUT2D eigenvalue weighted by Gasteiger charge is -2.30. The third-order valence-corrected chi connectivity index (χ3v) is 8.67. The second-order valence-electron chi connectivity index (χ2n) is 7.91. The molecule has 1 saturated heterocycles. The highest BCUT2D eigenvalue weighted by molar-refractivity contribution is 7.89. The number of aromatic nitrogens is 2. The monoisotopic (exact) mass is 495 g/mol. The number of hydrogen-bond donors (Lipinski definition) is 0. The number of carbonyl (C=O) groups is 1. The number of benzene rings is 1. The highest BCUT2D eigenvalue weighted by Gasteiger charge is 2.31. The zero-order chi connectivity index (χ0) is 23.0. The van der Waals surface area contributed by atoms with Crippen molar-refractivity contribution < 1.29 is 17.9 Å². The number of ether oxygens (including phenoxy) is 1. The Kier molecular flexibility index (Phi) is 6.39. The van der Waals surface area contributed by atoms with E-state index in [1.165, 1.54) is 44.3 Å². The van der Waals surface area contributed by atoms with Crippen LogP contribution in [-0.2, 0) is 21.4 Å². The molecule has 0 bridgehead atoms. The van der Waals surface area contributed by atoms with Gasteiger partial charge in [-0.3, -0.25) is 9.20 Å². The number of esters is 1. The molecule has 4 rings (SSSR count). The largest absolute Gasteiger partial charge is 0.456 e. The zero-order valence-corrected chi connectivity index (χ0v) is 20.0. The first kappa shape index (κ1) is 22.9. The number of nitrogens with zero attached hydrogens (tertiary/aromatic N) is 3. The molecule has 0 aliphatic carbocycles. The highest BCUT2D eigenvalue weighted by Crippen LogP contribution is 2.29. The molecule has 1 unspecified atom stereocenters. The van der Waals surface area contributed by atoms with Gasteiger partial charge in [0.1, 0.15) is 11.5 Å². The quantitative estimate of drug-likeness (QED) is 0.502.